The van der Waals surface area contributed by atoms with Crippen LogP contribution in [-0.2, 0) is 52.3 Å². The van der Waals surface area contributed by atoms with Gasteiger partial charge in [-0.15, -0.1) is 0 Å². The van der Waals surface area contributed by atoms with Crippen LogP contribution in [0.15, 0.2) is 34.9 Å². The summed E-state index contributed by atoms with van der Waals surface area (Å²) in [6, 6.07) is 0. The van der Waals surface area contributed by atoms with Gasteiger partial charge in [-0.1, -0.05) is 52.7 Å². The minimum Gasteiger partial charge on any atom is -0.458 e. The predicted molar refractivity (Wildman–Crippen MR) is 370 cm³/mol. The molecule has 34 atom stereocenters. The fourth-order valence-corrected chi connectivity index (χ4v) is 26.6. The maximum atomic E-state index is 12.6. The van der Waals surface area contributed by atoms with E-state index in [9.17, 15) is 70.2 Å². The fourth-order valence-electron chi connectivity index (χ4n) is 26.6. The molecule has 4 aliphatic heterocycles. The van der Waals surface area contributed by atoms with Crippen LogP contribution in [0.3, 0.4) is 0 Å². The van der Waals surface area contributed by atoms with Crippen molar-refractivity contribution in [3.8, 4) is 0 Å². The van der Waals surface area contributed by atoms with Crippen molar-refractivity contribution in [2.75, 3.05) is 13.2 Å². The average Bonchev–Trinajstić information content (AvgIpc) is 1.43. The van der Waals surface area contributed by atoms with Gasteiger partial charge in [0.15, 0.2) is 36.2 Å². The van der Waals surface area contributed by atoms with Gasteiger partial charge in [0.2, 0.25) is 0 Å². The van der Waals surface area contributed by atoms with E-state index in [0.717, 1.165) is 107 Å². The summed E-state index contributed by atoms with van der Waals surface area (Å²) in [6.45, 7) is 18.1. The number of carbonyl (C=O) groups is 4. The van der Waals surface area contributed by atoms with Gasteiger partial charge in [-0.25, -0.2) is 4.79 Å². The maximum absolute atomic E-state index is 12.6. The number of carbonyl (C=O) groups excluding carboxylic acids is 4. The van der Waals surface area contributed by atoms with Crippen LogP contribution < -0.4 is 0 Å². The first-order valence-corrected chi connectivity index (χ1v) is 39.8. The molecule has 102 heavy (non-hydrogen) atoms. The Kier molecular flexibility index (Phi) is 20.7. The molecule has 0 aromatic carbocycles. The number of rotatable bonds is 9. The normalized spacial score (nSPS) is 53.7. The van der Waals surface area contributed by atoms with Crippen molar-refractivity contribution in [2.45, 2.75) is 339 Å². The number of Topliss-reactive ketones (excluding diaryl/α,β-unsaturated/α-hetero) is 1. The van der Waals surface area contributed by atoms with E-state index in [2.05, 4.69) is 27.7 Å². The zero-order valence-corrected chi connectivity index (χ0v) is 62.0. The van der Waals surface area contributed by atoms with Gasteiger partial charge in [-0.3, -0.25) is 14.4 Å². The number of hydrogen-bond acceptors (Lipinski definition) is 21. The van der Waals surface area contributed by atoms with E-state index in [1.165, 1.54) is 36.8 Å². The van der Waals surface area contributed by atoms with Gasteiger partial charge in [-0.05, 0) is 254 Å². The summed E-state index contributed by atoms with van der Waals surface area (Å²) in [5.41, 5.74) is -0.238. The molecule has 3 saturated heterocycles. The van der Waals surface area contributed by atoms with Crippen molar-refractivity contribution in [3.05, 3.63) is 34.9 Å². The third kappa shape index (κ3) is 12.4. The van der Waals surface area contributed by atoms with Crippen LogP contribution in [0.25, 0.3) is 0 Å². The number of allylic oxidation sites excluding steroid dienone is 2. The first kappa shape index (κ1) is 75.9. The van der Waals surface area contributed by atoms with Crippen LogP contribution in [0, 0.1) is 91.7 Å². The van der Waals surface area contributed by atoms with Gasteiger partial charge in [0.05, 0.1) is 66.6 Å². The van der Waals surface area contributed by atoms with Crippen LogP contribution in [0.1, 0.15) is 229 Å². The van der Waals surface area contributed by atoms with Crippen molar-refractivity contribution in [1.82, 2.24) is 0 Å². The summed E-state index contributed by atoms with van der Waals surface area (Å²) in [4.78, 5) is 48.0. The molecule has 21 nitrogen and oxygen atoms in total. The minimum atomic E-state index is -1.54. The highest BCUT2D eigenvalue weighted by atomic mass is 16.7. The molecule has 10 saturated carbocycles. The molecule has 10 N–H and O–H groups in total. The summed E-state index contributed by atoms with van der Waals surface area (Å²) in [5.74, 6) is 2.92. The lowest BCUT2D eigenvalue weighted by Crippen LogP contribution is -2.67. The van der Waals surface area contributed by atoms with E-state index >= 15 is 0 Å². The topological polar surface area (TPSA) is 335 Å². The largest absolute Gasteiger partial charge is 0.458 e. The molecular weight excluding hydrogens is 1310 g/mol. The number of hydrogen-bond donors (Lipinski definition) is 10. The highest BCUT2D eigenvalue weighted by Gasteiger charge is 2.72. The molecule has 0 bridgehead atoms. The van der Waals surface area contributed by atoms with Crippen LogP contribution in [0.5, 0.6) is 0 Å². The second kappa shape index (κ2) is 27.9. The molecule has 0 aromatic heterocycles. The molecule has 0 amide bonds. The molecule has 0 spiro atoms. The molecule has 21 heteroatoms. The van der Waals surface area contributed by atoms with Crippen molar-refractivity contribution in [2.24, 2.45) is 91.7 Å². The van der Waals surface area contributed by atoms with Crippen molar-refractivity contribution in [1.29, 1.82) is 0 Å². The number of aliphatic hydroxyl groups excluding tert-OH is 8. The van der Waals surface area contributed by atoms with Gasteiger partial charge in [0.1, 0.15) is 37.1 Å². The standard InChI is InChI=1S/C41H64O14.C21H30O5.C19H28O2/c1-19-36(47)28(42)15-34(50-19)54-38-21(3)52-35(17-30(38)44)55-37-20(2)51-33(16-29(37)43)53-24-8-10-39(4)23(13-24)6-7-26-27(39)14-31(45)40(5)25(9-11-41(26,40)48)22-12-32(46)49-18-22;1-19-7-5-13(23)9-12(19)3-4-14-15-6-8-21(26,17(25)11-22)20(15,2)10-16(24)18(14)19;1-18-9-7-13(20)11-12(18)3-4-14-15-5-6-17(21)19(15,2)10-8-16(14)18/h12,19-21,23-31,33-38,42-45,47-48H,6-11,13-18H2,1-5H3;9,14-16,18,22,24,26H,3-8,10-11H2,1-2H3;11,14-17,21H,3-10H2,1-2H3/t19-,20-,21-,23-,24+,25-,26-,27+,28+,29+,30+,31-,33+,34+,35+,36-,37-,38-,39+,40+,41+;14-,15-,16-,18+,19-,20-,21-;14-,15-,16-,17-,18-,19-/m100/s1. The second-order valence-corrected chi connectivity index (χ2v) is 37.0. The van der Waals surface area contributed by atoms with Gasteiger partial charge in [-0.2, -0.15) is 0 Å². The molecular formula is C81H122O21. The molecule has 0 aromatic rings. The Bertz CT molecular complexity index is 3230. The Morgan fingerprint density at radius 2 is 1.10 bits per heavy atom. The van der Waals surface area contributed by atoms with Crippen LogP contribution >= 0.6 is 0 Å². The number of cyclic esters (lactones) is 1. The lowest BCUT2D eigenvalue weighted by atomic mass is 9.42. The van der Waals surface area contributed by atoms with E-state index in [4.69, 9.17) is 33.2 Å². The first-order valence-electron chi connectivity index (χ1n) is 39.8. The van der Waals surface area contributed by atoms with E-state index < -0.39 is 120 Å². The number of esters is 1. The maximum Gasteiger partial charge on any atom is 0.331 e. The fraction of sp³-hybridized carbons (Fsp3) is 0.877. The van der Waals surface area contributed by atoms with Crippen molar-refractivity contribution in [3.63, 3.8) is 0 Å². The Labute approximate surface area is 602 Å². The third-order valence-corrected chi connectivity index (χ3v) is 32.5. The van der Waals surface area contributed by atoms with Crippen LogP contribution in [0.4, 0.5) is 0 Å². The van der Waals surface area contributed by atoms with E-state index in [-0.39, 0.29) is 107 Å². The Balaban J connectivity index is 0.000000153. The highest BCUT2D eigenvalue weighted by Crippen LogP contribution is 2.72. The molecule has 12 aliphatic carbocycles. The number of fused-ring (bicyclic) bond motifs is 15. The summed E-state index contributed by atoms with van der Waals surface area (Å²) >= 11 is 0. The minimum absolute atomic E-state index is 0.0452. The highest BCUT2D eigenvalue weighted by molar-refractivity contribution is 5.92. The summed E-state index contributed by atoms with van der Waals surface area (Å²) in [7, 11) is 0. The van der Waals surface area contributed by atoms with Gasteiger partial charge in [0, 0.05) is 49.0 Å². The van der Waals surface area contributed by atoms with Gasteiger partial charge >= 0.3 is 5.97 Å². The summed E-state index contributed by atoms with van der Waals surface area (Å²) < 4.78 is 42.1. The second-order valence-electron chi connectivity index (χ2n) is 37.0. The monoisotopic (exact) mass is 1430 g/mol. The lowest BCUT2D eigenvalue weighted by Gasteiger charge is -2.65. The molecule has 4 heterocycles. The first-order chi connectivity index (χ1) is 48.1. The third-order valence-electron chi connectivity index (χ3n) is 32.5. The molecule has 16 aliphatic rings. The molecule has 16 rings (SSSR count). The van der Waals surface area contributed by atoms with E-state index in [1.54, 1.807) is 26.0 Å². The van der Waals surface area contributed by atoms with Crippen molar-refractivity contribution >= 4 is 23.3 Å². The van der Waals surface area contributed by atoms with Crippen LogP contribution in [0.2, 0.25) is 0 Å². The van der Waals surface area contributed by atoms with Crippen molar-refractivity contribution < 1.29 is 103 Å². The molecule has 13 fully saturated rings. The molecule has 572 valence electrons. The zero-order chi connectivity index (χ0) is 72.9. The Morgan fingerprint density at radius 3 is 1.72 bits per heavy atom. The number of aliphatic hydroxyl groups is 10. The van der Waals surface area contributed by atoms with Gasteiger partial charge < -0.3 is 84.2 Å². The lowest BCUT2D eigenvalue weighted by molar-refractivity contribution is -0.336. The van der Waals surface area contributed by atoms with E-state index in [1.807, 2.05) is 26.8 Å². The smallest absolute Gasteiger partial charge is 0.331 e. The zero-order valence-electron chi connectivity index (χ0n) is 62.0. The summed E-state index contributed by atoms with van der Waals surface area (Å²) in [6.07, 6.45) is 14.9. The Morgan fingerprint density at radius 1 is 0.520 bits per heavy atom. The molecule has 0 unspecified atom stereocenters. The van der Waals surface area contributed by atoms with Crippen LogP contribution in [-0.4, -0.2) is 197 Å². The quantitative estimate of drug-likeness (QED) is 0.0775. The number of ketones is 3. The number of ether oxygens (including phenoxy) is 7. The molecule has 0 radical (unpaired) electrons. The van der Waals surface area contributed by atoms with Gasteiger partial charge in [0.25, 0.3) is 0 Å². The Hall–Kier alpha value is -2.94. The predicted octanol–water partition coefficient (Wildman–Crippen LogP) is 7.88. The summed E-state index contributed by atoms with van der Waals surface area (Å²) in [5, 5.41) is 109. The van der Waals surface area contributed by atoms with E-state index in [0.29, 0.717) is 49.7 Å². The SMILES string of the molecule is C[C@H]1O[C@@H](O[C@H]2[C@@H](O)C[C@H](O[C@H]3[C@@H](O)C[C@H](O[C@H]4CC[C@@]5(C)[C@H](CC[C@@H]6[C@@H]5C[C@@H](O)[C@]5(C)[C@@H](C7=CC(=O)OC7)CC[C@]65O)C4)O[C@@H]3C)O[C@@H]2C)C[C@H](O)[C@@H]1O.C[C@]12CCC(=O)C=C1CC[C@@H]1[C@@H]2[C@@H](O)C[C@@]2(C)[C@H]1CC[C@]2(O)C(=O)CO.C[C@]12CC[C@H]3[C@@H](CCC4=CC(=O)CC[C@@]43C)[C@@H]1CC[C@@H]2O. The average molecular weight is 1430 g/mol.